The zero-order chi connectivity index (χ0) is 26.6. The lowest BCUT2D eigenvalue weighted by Crippen LogP contribution is -2.15. The third-order valence-electron chi connectivity index (χ3n) is 9.02. The molecule has 0 N–H and O–H groups in total. The van der Waals surface area contributed by atoms with Gasteiger partial charge in [-0.2, -0.15) is 0 Å². The van der Waals surface area contributed by atoms with Crippen LogP contribution >= 0.6 is 0 Å². The Morgan fingerprint density at radius 1 is 1.03 bits per heavy atom. The fourth-order valence-electron chi connectivity index (χ4n) is 6.38. The number of rotatable bonds is 13. The summed E-state index contributed by atoms with van der Waals surface area (Å²) in [7, 11) is 0. The van der Waals surface area contributed by atoms with Gasteiger partial charge in [-0.05, 0) is 98.0 Å². The van der Waals surface area contributed by atoms with Crippen LogP contribution in [-0.4, -0.2) is 6.67 Å². The topological polar surface area (TPSA) is 0 Å². The summed E-state index contributed by atoms with van der Waals surface area (Å²) in [6.07, 6.45) is 24.4. The van der Waals surface area contributed by atoms with Gasteiger partial charge in [-0.15, -0.1) is 0 Å². The van der Waals surface area contributed by atoms with Crippen molar-refractivity contribution in [2.45, 2.75) is 118 Å². The van der Waals surface area contributed by atoms with E-state index in [1.807, 2.05) is 6.92 Å². The van der Waals surface area contributed by atoms with Crippen LogP contribution in [0.1, 0.15) is 122 Å². The van der Waals surface area contributed by atoms with E-state index in [-0.39, 0.29) is 12.6 Å². The molecule has 3 rings (SSSR count). The predicted molar refractivity (Wildman–Crippen MR) is 161 cm³/mol. The number of benzene rings is 1. The van der Waals surface area contributed by atoms with Crippen LogP contribution in [0.5, 0.6) is 0 Å². The molecule has 6 unspecified atom stereocenters. The second kappa shape index (κ2) is 15.7. The molecule has 0 nitrogen and oxygen atoms in total. The van der Waals surface area contributed by atoms with Crippen molar-refractivity contribution >= 4 is 0 Å². The molecular weight excluding hydrogens is 451 g/mol. The lowest BCUT2D eigenvalue weighted by Gasteiger charge is -2.27. The van der Waals surface area contributed by atoms with E-state index in [0.29, 0.717) is 17.8 Å². The molecule has 37 heavy (non-hydrogen) atoms. The minimum Gasteiger partial charge on any atom is -0.251 e. The Hall–Kier alpha value is -1.63. The van der Waals surface area contributed by atoms with E-state index in [2.05, 4.69) is 76.3 Å². The summed E-state index contributed by atoms with van der Waals surface area (Å²) in [5.41, 5.74) is 6.15. The smallest absolute Gasteiger partial charge is 0.0922 e. The lowest BCUT2D eigenvalue weighted by atomic mass is 9.78. The van der Waals surface area contributed by atoms with Crippen molar-refractivity contribution in [3.05, 3.63) is 70.8 Å². The van der Waals surface area contributed by atoms with Crippen LogP contribution in [0.3, 0.4) is 0 Å². The number of halogens is 1. The molecule has 1 aromatic rings. The second-order valence-corrected chi connectivity index (χ2v) is 12.9. The quantitative estimate of drug-likeness (QED) is 0.233. The maximum Gasteiger partial charge on any atom is 0.0922 e. The zero-order valence-corrected chi connectivity index (χ0v) is 24.7. The number of hydrogen-bond acceptors (Lipinski definition) is 0. The number of allylic oxidation sites excluding steroid dienone is 6. The summed E-state index contributed by atoms with van der Waals surface area (Å²) >= 11 is 0. The van der Waals surface area contributed by atoms with Gasteiger partial charge in [0, 0.05) is 0 Å². The molecule has 1 heteroatoms. The Morgan fingerprint density at radius 3 is 2.49 bits per heavy atom. The standard InChI is InChI=1S/C36H55F/c1-6-27(2)13-14-29(4)22-36(25-34-12-8-10-31(23-34)16-15-30(5)26-37)35-19-17-32(18-20-35)24-33-11-7-9-28(3)21-33/h12-14,16-20,27-30,33,36H,6-11,15,21-26H2,1-5H3/b14-13+,31-16?. The van der Waals surface area contributed by atoms with Crippen molar-refractivity contribution in [3.8, 4) is 0 Å². The van der Waals surface area contributed by atoms with Crippen LogP contribution in [-0.2, 0) is 6.42 Å². The number of hydrogen-bond donors (Lipinski definition) is 0. The molecule has 0 aromatic heterocycles. The van der Waals surface area contributed by atoms with Gasteiger partial charge in [0.15, 0.2) is 0 Å². The Balaban J connectivity index is 1.70. The average molecular weight is 507 g/mol. The first-order chi connectivity index (χ1) is 17.9. The van der Waals surface area contributed by atoms with E-state index in [1.54, 1.807) is 5.57 Å². The van der Waals surface area contributed by atoms with Gasteiger partial charge in [-0.25, -0.2) is 0 Å². The summed E-state index contributed by atoms with van der Waals surface area (Å²) in [6.45, 7) is 11.2. The molecule has 1 saturated carbocycles. The Bertz CT molecular complexity index is 872. The first kappa shape index (κ1) is 29.9. The van der Waals surface area contributed by atoms with Crippen molar-refractivity contribution in [2.75, 3.05) is 6.67 Å². The highest BCUT2D eigenvalue weighted by molar-refractivity contribution is 5.29. The highest BCUT2D eigenvalue weighted by atomic mass is 19.1. The summed E-state index contributed by atoms with van der Waals surface area (Å²) in [5, 5.41) is 0. The molecular formula is C36H55F. The normalized spacial score (nSPS) is 25.1. The van der Waals surface area contributed by atoms with Crippen LogP contribution in [0.15, 0.2) is 59.7 Å². The van der Waals surface area contributed by atoms with Crippen LogP contribution in [0, 0.1) is 29.6 Å². The van der Waals surface area contributed by atoms with Gasteiger partial charge < -0.3 is 0 Å². The fourth-order valence-corrected chi connectivity index (χ4v) is 6.38. The van der Waals surface area contributed by atoms with Crippen molar-refractivity contribution in [1.82, 2.24) is 0 Å². The summed E-state index contributed by atoms with van der Waals surface area (Å²) in [6, 6.07) is 9.75. The fraction of sp³-hybridized carbons (Fsp3) is 0.667. The second-order valence-electron chi connectivity index (χ2n) is 12.9. The highest BCUT2D eigenvalue weighted by Gasteiger charge is 2.21. The Labute approximate surface area is 228 Å². The van der Waals surface area contributed by atoms with Crippen molar-refractivity contribution in [1.29, 1.82) is 0 Å². The van der Waals surface area contributed by atoms with Crippen molar-refractivity contribution < 1.29 is 4.39 Å². The van der Waals surface area contributed by atoms with Gasteiger partial charge in [0.05, 0.1) is 6.67 Å². The van der Waals surface area contributed by atoms with E-state index in [9.17, 15) is 4.39 Å². The zero-order valence-electron chi connectivity index (χ0n) is 24.7. The molecule has 0 spiro atoms. The van der Waals surface area contributed by atoms with Gasteiger partial charge >= 0.3 is 0 Å². The van der Waals surface area contributed by atoms with Gasteiger partial charge in [0.1, 0.15) is 0 Å². The predicted octanol–water partition coefficient (Wildman–Crippen LogP) is 11.2. The Kier molecular flexibility index (Phi) is 12.7. The van der Waals surface area contributed by atoms with E-state index >= 15 is 0 Å². The van der Waals surface area contributed by atoms with Crippen molar-refractivity contribution in [2.24, 2.45) is 29.6 Å². The minimum atomic E-state index is -0.216. The molecule has 1 fully saturated rings. The lowest BCUT2D eigenvalue weighted by molar-refractivity contribution is 0.281. The minimum absolute atomic E-state index is 0.142. The van der Waals surface area contributed by atoms with E-state index < -0.39 is 0 Å². The third-order valence-corrected chi connectivity index (χ3v) is 9.02. The molecule has 0 aliphatic heterocycles. The van der Waals surface area contributed by atoms with Gasteiger partial charge in [-0.3, -0.25) is 4.39 Å². The monoisotopic (exact) mass is 506 g/mol. The molecule has 2 aliphatic rings. The maximum absolute atomic E-state index is 13.0. The van der Waals surface area contributed by atoms with Crippen LogP contribution in [0.25, 0.3) is 0 Å². The van der Waals surface area contributed by atoms with Gasteiger partial charge in [-0.1, -0.05) is 120 Å². The Morgan fingerprint density at radius 2 is 1.78 bits per heavy atom. The first-order valence-corrected chi connectivity index (χ1v) is 15.5. The molecule has 0 bridgehead atoms. The molecule has 0 radical (unpaired) electrons. The SMILES string of the molecule is CCC(C)/C=C/C(C)CC(CC1=CCCC(=CCC(C)CF)C1)c1ccc(CC2CCCC(C)C2)cc1. The van der Waals surface area contributed by atoms with Crippen LogP contribution in [0.2, 0.25) is 0 Å². The highest BCUT2D eigenvalue weighted by Crippen LogP contribution is 2.37. The molecule has 0 amide bonds. The van der Waals surface area contributed by atoms with Crippen LogP contribution < -0.4 is 0 Å². The van der Waals surface area contributed by atoms with Gasteiger partial charge in [0.2, 0.25) is 0 Å². The van der Waals surface area contributed by atoms with Crippen molar-refractivity contribution in [3.63, 3.8) is 0 Å². The molecule has 206 valence electrons. The molecule has 0 heterocycles. The molecule has 2 aliphatic carbocycles. The van der Waals surface area contributed by atoms with Gasteiger partial charge in [0.25, 0.3) is 0 Å². The molecule has 6 atom stereocenters. The molecule has 1 aromatic carbocycles. The largest absolute Gasteiger partial charge is 0.251 e. The third kappa shape index (κ3) is 10.6. The molecule has 0 saturated heterocycles. The van der Waals surface area contributed by atoms with E-state index in [0.717, 1.165) is 43.9 Å². The summed E-state index contributed by atoms with van der Waals surface area (Å²) in [4.78, 5) is 0. The number of alkyl halides is 1. The summed E-state index contributed by atoms with van der Waals surface area (Å²) in [5.74, 6) is 3.69. The summed E-state index contributed by atoms with van der Waals surface area (Å²) < 4.78 is 13.0. The maximum atomic E-state index is 13.0. The average Bonchev–Trinajstić information content (AvgIpc) is 2.90. The first-order valence-electron chi connectivity index (χ1n) is 15.5. The van der Waals surface area contributed by atoms with E-state index in [1.165, 1.54) is 61.6 Å². The van der Waals surface area contributed by atoms with Crippen LogP contribution in [0.4, 0.5) is 4.39 Å². The van der Waals surface area contributed by atoms with E-state index in [4.69, 9.17) is 0 Å².